The van der Waals surface area contributed by atoms with E-state index in [0.29, 0.717) is 5.56 Å². The summed E-state index contributed by atoms with van der Waals surface area (Å²) >= 11 is 0. The van der Waals surface area contributed by atoms with Crippen molar-refractivity contribution in [1.82, 2.24) is 9.55 Å². The zero-order chi connectivity index (χ0) is 22.1. The van der Waals surface area contributed by atoms with E-state index < -0.39 is 5.97 Å². The van der Waals surface area contributed by atoms with Crippen LogP contribution in [0.15, 0.2) is 84.9 Å². The first-order valence-corrected chi connectivity index (χ1v) is 10.9. The average molecular weight is 421 g/mol. The van der Waals surface area contributed by atoms with Crippen LogP contribution in [0.2, 0.25) is 0 Å². The molecule has 0 spiro atoms. The molecule has 0 saturated carbocycles. The number of rotatable bonds is 6. The van der Waals surface area contributed by atoms with Crippen LogP contribution in [0.25, 0.3) is 32.9 Å². The standard InChI is InChI=1S/C28H24N2O2/c1-2-7-27-29-25-16-21-8-3-4-9-22(21)17-26(25)30(27)18-19-12-14-20(15-13-19)23-10-5-6-11-24(23)28(31)32/h3-6,8-17H,2,7,18H2,1H3,(H,31,32). The number of aromatic carboxylic acids is 1. The highest BCUT2D eigenvalue weighted by atomic mass is 16.4. The summed E-state index contributed by atoms with van der Waals surface area (Å²) in [5.41, 5.74) is 5.29. The number of fused-ring (bicyclic) bond motifs is 2. The van der Waals surface area contributed by atoms with Crippen molar-refractivity contribution in [2.75, 3.05) is 0 Å². The second-order valence-corrected chi connectivity index (χ2v) is 8.10. The van der Waals surface area contributed by atoms with Crippen molar-refractivity contribution in [3.05, 3.63) is 102 Å². The third-order valence-electron chi connectivity index (χ3n) is 5.93. The van der Waals surface area contributed by atoms with Gasteiger partial charge in [-0.1, -0.05) is 73.7 Å². The van der Waals surface area contributed by atoms with E-state index in [1.54, 1.807) is 12.1 Å². The van der Waals surface area contributed by atoms with Crippen LogP contribution in [-0.2, 0) is 13.0 Å². The highest BCUT2D eigenvalue weighted by Crippen LogP contribution is 2.27. The molecule has 158 valence electrons. The van der Waals surface area contributed by atoms with Gasteiger partial charge in [-0.15, -0.1) is 0 Å². The molecule has 0 saturated heterocycles. The van der Waals surface area contributed by atoms with Gasteiger partial charge in [0.25, 0.3) is 0 Å². The number of nitrogens with zero attached hydrogens (tertiary/aromatic N) is 2. The molecule has 0 radical (unpaired) electrons. The van der Waals surface area contributed by atoms with E-state index in [2.05, 4.69) is 60.0 Å². The van der Waals surface area contributed by atoms with Crippen LogP contribution in [0.5, 0.6) is 0 Å². The Hall–Kier alpha value is -3.92. The highest BCUT2D eigenvalue weighted by molar-refractivity contribution is 5.96. The number of hydrogen-bond donors (Lipinski definition) is 1. The summed E-state index contributed by atoms with van der Waals surface area (Å²) in [4.78, 5) is 16.5. The summed E-state index contributed by atoms with van der Waals surface area (Å²) in [5, 5.41) is 11.9. The van der Waals surface area contributed by atoms with E-state index in [9.17, 15) is 9.90 Å². The fourth-order valence-corrected chi connectivity index (χ4v) is 4.34. The average Bonchev–Trinajstić information content (AvgIpc) is 3.14. The highest BCUT2D eigenvalue weighted by Gasteiger charge is 2.13. The van der Waals surface area contributed by atoms with E-state index >= 15 is 0 Å². The minimum atomic E-state index is -0.911. The van der Waals surface area contributed by atoms with E-state index in [0.717, 1.165) is 52.9 Å². The van der Waals surface area contributed by atoms with Crippen LogP contribution in [-0.4, -0.2) is 20.6 Å². The van der Waals surface area contributed by atoms with Gasteiger partial charge in [0.05, 0.1) is 16.6 Å². The second-order valence-electron chi connectivity index (χ2n) is 8.10. The molecule has 4 heteroatoms. The van der Waals surface area contributed by atoms with Gasteiger partial charge < -0.3 is 9.67 Å². The van der Waals surface area contributed by atoms with Gasteiger partial charge in [0, 0.05) is 13.0 Å². The summed E-state index contributed by atoms with van der Waals surface area (Å²) in [6, 6.07) is 28.1. The molecule has 1 heterocycles. The van der Waals surface area contributed by atoms with Crippen molar-refractivity contribution in [1.29, 1.82) is 0 Å². The number of imidazole rings is 1. The van der Waals surface area contributed by atoms with Gasteiger partial charge in [-0.25, -0.2) is 9.78 Å². The zero-order valence-electron chi connectivity index (χ0n) is 18.0. The van der Waals surface area contributed by atoms with Crippen LogP contribution in [0.4, 0.5) is 0 Å². The van der Waals surface area contributed by atoms with Gasteiger partial charge in [-0.2, -0.15) is 0 Å². The number of carboxylic acids is 1. The molecule has 0 atom stereocenters. The predicted octanol–water partition coefficient (Wildman–Crippen LogP) is 6.56. The third-order valence-corrected chi connectivity index (χ3v) is 5.93. The Morgan fingerprint density at radius 1 is 0.906 bits per heavy atom. The fourth-order valence-electron chi connectivity index (χ4n) is 4.34. The fraction of sp³-hybridized carbons (Fsp3) is 0.143. The van der Waals surface area contributed by atoms with E-state index in [1.807, 2.05) is 24.3 Å². The molecule has 0 bridgehead atoms. The molecular formula is C28H24N2O2. The van der Waals surface area contributed by atoms with Crippen molar-refractivity contribution >= 4 is 27.8 Å². The van der Waals surface area contributed by atoms with Gasteiger partial charge >= 0.3 is 5.97 Å². The molecule has 0 aliphatic rings. The molecule has 1 N–H and O–H groups in total. The normalized spacial score (nSPS) is 11.3. The molecule has 0 fully saturated rings. The van der Waals surface area contributed by atoms with Crippen molar-refractivity contribution in [2.24, 2.45) is 0 Å². The summed E-state index contributed by atoms with van der Waals surface area (Å²) in [6.07, 6.45) is 1.96. The number of carboxylic acid groups (broad SMARTS) is 1. The third kappa shape index (κ3) is 3.65. The SMILES string of the molecule is CCCc1nc2cc3ccccc3cc2n1Cc1ccc(-c2ccccc2C(=O)O)cc1. The van der Waals surface area contributed by atoms with Gasteiger partial charge in [0.1, 0.15) is 5.82 Å². The minimum absolute atomic E-state index is 0.318. The molecule has 1 aromatic heterocycles. The van der Waals surface area contributed by atoms with Crippen molar-refractivity contribution in [2.45, 2.75) is 26.3 Å². The molecule has 5 aromatic rings. The lowest BCUT2D eigenvalue weighted by Crippen LogP contribution is -2.05. The minimum Gasteiger partial charge on any atom is -0.478 e. The first kappa shape index (κ1) is 20.0. The maximum absolute atomic E-state index is 11.6. The van der Waals surface area contributed by atoms with Crippen LogP contribution >= 0.6 is 0 Å². The number of aromatic nitrogens is 2. The molecular weight excluding hydrogens is 396 g/mol. The van der Waals surface area contributed by atoms with Crippen LogP contribution < -0.4 is 0 Å². The van der Waals surface area contributed by atoms with Crippen LogP contribution in [0.3, 0.4) is 0 Å². The predicted molar refractivity (Wildman–Crippen MR) is 129 cm³/mol. The molecule has 0 aliphatic carbocycles. The Kier molecular flexibility index (Phi) is 5.20. The molecule has 0 amide bonds. The number of aryl methyl sites for hydroxylation is 1. The van der Waals surface area contributed by atoms with Crippen molar-refractivity contribution in [3.8, 4) is 11.1 Å². The van der Waals surface area contributed by atoms with Crippen LogP contribution in [0, 0.1) is 0 Å². The van der Waals surface area contributed by atoms with Gasteiger partial charge in [0.2, 0.25) is 0 Å². The number of carbonyl (C=O) groups is 1. The number of hydrogen-bond acceptors (Lipinski definition) is 2. The topological polar surface area (TPSA) is 55.1 Å². The lowest BCUT2D eigenvalue weighted by atomic mass is 9.99. The van der Waals surface area contributed by atoms with Gasteiger partial charge in [0.15, 0.2) is 0 Å². The first-order valence-electron chi connectivity index (χ1n) is 10.9. The molecule has 5 rings (SSSR count). The van der Waals surface area contributed by atoms with E-state index in [4.69, 9.17) is 4.98 Å². The summed E-state index contributed by atoms with van der Waals surface area (Å²) < 4.78 is 2.31. The Labute approximate surface area is 186 Å². The second kappa shape index (κ2) is 8.31. The summed E-state index contributed by atoms with van der Waals surface area (Å²) in [7, 11) is 0. The first-order chi connectivity index (χ1) is 15.6. The molecule has 32 heavy (non-hydrogen) atoms. The Morgan fingerprint density at radius 2 is 1.59 bits per heavy atom. The lowest BCUT2D eigenvalue weighted by molar-refractivity contribution is 0.0697. The Balaban J connectivity index is 1.53. The quantitative estimate of drug-likeness (QED) is 0.339. The maximum Gasteiger partial charge on any atom is 0.336 e. The monoisotopic (exact) mass is 420 g/mol. The van der Waals surface area contributed by atoms with Crippen molar-refractivity contribution < 1.29 is 9.90 Å². The molecule has 0 aliphatic heterocycles. The molecule has 0 unspecified atom stereocenters. The van der Waals surface area contributed by atoms with E-state index in [-0.39, 0.29) is 0 Å². The Morgan fingerprint density at radius 3 is 2.31 bits per heavy atom. The van der Waals surface area contributed by atoms with Gasteiger partial charge in [-0.05, 0) is 52.1 Å². The largest absolute Gasteiger partial charge is 0.478 e. The smallest absolute Gasteiger partial charge is 0.336 e. The Bertz CT molecular complexity index is 1430. The van der Waals surface area contributed by atoms with Gasteiger partial charge in [-0.3, -0.25) is 0 Å². The zero-order valence-corrected chi connectivity index (χ0v) is 18.0. The lowest BCUT2D eigenvalue weighted by Gasteiger charge is -2.11. The maximum atomic E-state index is 11.6. The van der Waals surface area contributed by atoms with E-state index in [1.165, 1.54) is 10.8 Å². The summed E-state index contributed by atoms with van der Waals surface area (Å²) in [6.45, 7) is 2.90. The van der Waals surface area contributed by atoms with Crippen LogP contribution in [0.1, 0.15) is 35.1 Å². The summed E-state index contributed by atoms with van der Waals surface area (Å²) in [5.74, 6) is 0.184. The molecule has 4 nitrogen and oxygen atoms in total. The molecule has 4 aromatic carbocycles. The number of benzene rings is 4. The van der Waals surface area contributed by atoms with Crippen molar-refractivity contribution in [3.63, 3.8) is 0 Å².